The first-order chi connectivity index (χ1) is 12.2. The topological polar surface area (TPSA) is 29.5 Å². The monoisotopic (exact) mass is 337 g/mol. The minimum absolute atomic E-state index is 0.0988. The van der Waals surface area contributed by atoms with Gasteiger partial charge in [-0.05, 0) is 79.7 Å². The van der Waals surface area contributed by atoms with Gasteiger partial charge in [-0.25, -0.2) is 0 Å². The highest BCUT2D eigenvalue weighted by molar-refractivity contribution is 5.87. The maximum Gasteiger partial charge on any atom is 0.137 e. The van der Waals surface area contributed by atoms with Crippen LogP contribution in [0.1, 0.15) is 43.2 Å². The molecule has 1 heterocycles. The summed E-state index contributed by atoms with van der Waals surface area (Å²) >= 11 is 0. The van der Waals surface area contributed by atoms with Crippen LogP contribution in [0.4, 0.5) is 0 Å². The molecule has 3 nitrogen and oxygen atoms in total. The number of methoxy groups -OCH3 is 1. The number of fused-ring (bicyclic) bond motifs is 2. The maximum atomic E-state index is 12.8. The fourth-order valence-corrected chi connectivity index (χ4v) is 6.67. The van der Waals surface area contributed by atoms with E-state index in [1.807, 2.05) is 0 Å². The summed E-state index contributed by atoms with van der Waals surface area (Å²) in [6, 6.07) is 7.33. The zero-order valence-electron chi connectivity index (χ0n) is 15.0. The quantitative estimate of drug-likeness (QED) is 0.848. The number of rotatable bonds is 3. The smallest absolute Gasteiger partial charge is 0.137 e. The van der Waals surface area contributed by atoms with Crippen molar-refractivity contribution < 1.29 is 9.53 Å². The molecule has 4 aliphatic carbocycles. The third-order valence-electron chi connectivity index (χ3n) is 8.04. The molecule has 1 saturated heterocycles. The van der Waals surface area contributed by atoms with Crippen LogP contribution in [-0.2, 0) is 16.6 Å². The molecule has 25 heavy (non-hydrogen) atoms. The molecule has 0 aromatic heterocycles. The SMILES string of the molecule is COc1ccc2c(c1)[C@]13CCN(CC4CC4)[C@H](C2)C1[C@H]1CC1C(=O)C3. The molecule has 132 valence electrons. The molecule has 6 rings (SSSR count). The number of nitrogens with zero attached hydrogens (tertiary/aromatic N) is 1. The van der Waals surface area contributed by atoms with Crippen LogP contribution in [-0.4, -0.2) is 36.9 Å². The molecule has 0 amide bonds. The van der Waals surface area contributed by atoms with Crippen molar-refractivity contribution in [3.8, 4) is 5.75 Å². The highest BCUT2D eigenvalue weighted by Crippen LogP contribution is 2.65. The molecule has 2 bridgehead atoms. The summed E-state index contributed by atoms with van der Waals surface area (Å²) in [7, 11) is 1.75. The molecule has 1 aliphatic heterocycles. The molecule has 1 aromatic carbocycles. The Hall–Kier alpha value is -1.35. The van der Waals surface area contributed by atoms with Crippen LogP contribution in [0, 0.1) is 23.7 Å². The summed E-state index contributed by atoms with van der Waals surface area (Å²) in [4.78, 5) is 15.6. The predicted octanol–water partition coefficient (Wildman–Crippen LogP) is 3.20. The lowest BCUT2D eigenvalue weighted by Crippen LogP contribution is -2.63. The minimum atomic E-state index is 0.0988. The van der Waals surface area contributed by atoms with Gasteiger partial charge in [-0.3, -0.25) is 9.69 Å². The molecule has 3 saturated carbocycles. The summed E-state index contributed by atoms with van der Waals surface area (Å²) < 4.78 is 5.55. The average Bonchev–Trinajstić information content (AvgIpc) is 3.51. The highest BCUT2D eigenvalue weighted by atomic mass is 16.5. The van der Waals surface area contributed by atoms with Crippen LogP contribution in [0.3, 0.4) is 0 Å². The number of hydrogen-bond acceptors (Lipinski definition) is 3. The third kappa shape index (κ3) is 1.99. The summed E-state index contributed by atoms with van der Waals surface area (Å²) in [6.45, 7) is 2.48. The zero-order chi connectivity index (χ0) is 16.8. The van der Waals surface area contributed by atoms with Crippen molar-refractivity contribution in [2.75, 3.05) is 20.2 Å². The summed E-state index contributed by atoms with van der Waals surface area (Å²) in [5.41, 5.74) is 3.04. The van der Waals surface area contributed by atoms with Gasteiger partial charge in [0.05, 0.1) is 7.11 Å². The number of likely N-dealkylation sites (tertiary alicyclic amines) is 1. The molecule has 0 spiro atoms. The molecular weight excluding hydrogens is 310 g/mol. The van der Waals surface area contributed by atoms with E-state index < -0.39 is 0 Å². The first-order valence-corrected chi connectivity index (χ1v) is 10.1. The van der Waals surface area contributed by atoms with E-state index in [-0.39, 0.29) is 5.41 Å². The Morgan fingerprint density at radius 2 is 2.20 bits per heavy atom. The van der Waals surface area contributed by atoms with E-state index in [9.17, 15) is 4.79 Å². The molecular formula is C22H27NO2. The lowest BCUT2D eigenvalue weighted by Gasteiger charge is -2.58. The summed E-state index contributed by atoms with van der Waals surface area (Å²) in [5, 5.41) is 0. The van der Waals surface area contributed by atoms with Crippen molar-refractivity contribution >= 4 is 5.78 Å². The van der Waals surface area contributed by atoms with Crippen LogP contribution in [0.2, 0.25) is 0 Å². The van der Waals surface area contributed by atoms with Crippen molar-refractivity contribution in [2.45, 2.75) is 50.0 Å². The molecule has 3 heteroatoms. The Morgan fingerprint density at radius 1 is 1.32 bits per heavy atom. The van der Waals surface area contributed by atoms with Crippen molar-refractivity contribution in [3.05, 3.63) is 29.3 Å². The van der Waals surface area contributed by atoms with Crippen molar-refractivity contribution in [3.63, 3.8) is 0 Å². The van der Waals surface area contributed by atoms with E-state index in [1.54, 1.807) is 7.11 Å². The number of carbonyl (C=O) groups excluding carboxylic acids is 1. The third-order valence-corrected chi connectivity index (χ3v) is 8.04. The van der Waals surface area contributed by atoms with E-state index >= 15 is 0 Å². The van der Waals surface area contributed by atoms with Crippen molar-refractivity contribution in [1.82, 2.24) is 4.90 Å². The van der Waals surface area contributed by atoms with Gasteiger partial charge < -0.3 is 4.74 Å². The van der Waals surface area contributed by atoms with E-state index in [0.29, 0.717) is 29.6 Å². The molecule has 5 atom stereocenters. The molecule has 2 unspecified atom stereocenters. The van der Waals surface area contributed by atoms with Gasteiger partial charge in [0, 0.05) is 30.3 Å². The maximum absolute atomic E-state index is 12.8. The normalized spacial score (nSPS) is 41.6. The summed E-state index contributed by atoms with van der Waals surface area (Å²) in [6.07, 6.45) is 7.14. The minimum Gasteiger partial charge on any atom is -0.497 e. The molecule has 1 aromatic rings. The predicted molar refractivity (Wildman–Crippen MR) is 95.8 cm³/mol. The largest absolute Gasteiger partial charge is 0.497 e. The average molecular weight is 337 g/mol. The molecule has 0 radical (unpaired) electrons. The zero-order valence-corrected chi connectivity index (χ0v) is 15.0. The Labute approximate surface area is 149 Å². The van der Waals surface area contributed by atoms with Crippen LogP contribution in [0.15, 0.2) is 18.2 Å². The van der Waals surface area contributed by atoms with Gasteiger partial charge in [-0.2, -0.15) is 0 Å². The number of ether oxygens (including phenoxy) is 1. The number of benzene rings is 1. The summed E-state index contributed by atoms with van der Waals surface area (Å²) in [5.74, 6) is 4.20. The van der Waals surface area contributed by atoms with E-state index in [4.69, 9.17) is 4.74 Å². The van der Waals surface area contributed by atoms with Gasteiger partial charge >= 0.3 is 0 Å². The first-order valence-electron chi connectivity index (χ1n) is 10.1. The van der Waals surface area contributed by atoms with Gasteiger partial charge in [-0.15, -0.1) is 0 Å². The highest BCUT2D eigenvalue weighted by Gasteiger charge is 2.66. The van der Waals surface area contributed by atoms with Gasteiger partial charge in [0.15, 0.2) is 0 Å². The Balaban J connectivity index is 1.48. The Kier molecular flexibility index (Phi) is 2.88. The van der Waals surface area contributed by atoms with Crippen LogP contribution >= 0.6 is 0 Å². The lowest BCUT2D eigenvalue weighted by molar-refractivity contribution is -0.128. The van der Waals surface area contributed by atoms with Crippen molar-refractivity contribution in [1.29, 1.82) is 0 Å². The fourth-order valence-electron chi connectivity index (χ4n) is 6.67. The van der Waals surface area contributed by atoms with Crippen molar-refractivity contribution in [2.24, 2.45) is 23.7 Å². The Morgan fingerprint density at radius 3 is 3.00 bits per heavy atom. The number of piperidine rings is 1. The Bertz CT molecular complexity index is 754. The van der Waals surface area contributed by atoms with Gasteiger partial charge in [0.1, 0.15) is 11.5 Å². The van der Waals surface area contributed by atoms with E-state index in [1.165, 1.54) is 49.9 Å². The number of hydrogen-bond donors (Lipinski definition) is 0. The molecule has 5 aliphatic rings. The number of carbonyl (C=O) groups is 1. The van der Waals surface area contributed by atoms with E-state index in [2.05, 4.69) is 23.1 Å². The van der Waals surface area contributed by atoms with Gasteiger partial charge in [-0.1, -0.05) is 6.07 Å². The van der Waals surface area contributed by atoms with Crippen LogP contribution < -0.4 is 4.74 Å². The second kappa shape index (κ2) is 4.88. The second-order valence-electron chi connectivity index (χ2n) is 9.31. The number of ketones is 1. The number of Topliss-reactive ketones (excluding diaryl/α,β-unsaturated/α-hetero) is 1. The fraction of sp³-hybridized carbons (Fsp3) is 0.682. The van der Waals surface area contributed by atoms with E-state index in [0.717, 1.165) is 24.5 Å². The van der Waals surface area contributed by atoms with Gasteiger partial charge in [0.2, 0.25) is 0 Å². The second-order valence-corrected chi connectivity index (χ2v) is 9.31. The first kappa shape index (κ1) is 14.8. The molecule has 0 N–H and O–H groups in total. The lowest BCUT2D eigenvalue weighted by atomic mass is 9.52. The van der Waals surface area contributed by atoms with Gasteiger partial charge in [0.25, 0.3) is 0 Å². The molecule has 4 fully saturated rings. The van der Waals surface area contributed by atoms with Crippen LogP contribution in [0.5, 0.6) is 5.75 Å². The van der Waals surface area contributed by atoms with Crippen LogP contribution in [0.25, 0.3) is 0 Å². The standard InChI is InChI=1S/C22H27NO2/c1-25-15-5-4-14-8-19-21-17-10-16(17)20(24)11-22(21,18(14)9-15)6-7-23(19)12-13-2-3-13/h4-5,9,13,16-17,19,21H,2-3,6-8,10-12H2,1H3/t16?,17-,19+,21?,22+/m0/s1.